The molecular weight excluding hydrogens is 252 g/mol. The summed E-state index contributed by atoms with van der Waals surface area (Å²) in [6.45, 7) is 12.4. The zero-order valence-corrected chi connectivity index (χ0v) is 13.3. The molecule has 0 spiro atoms. The number of hydrazine groups is 1. The largest absolute Gasteiger partial charge is 0.480 e. The van der Waals surface area contributed by atoms with Crippen LogP contribution in [-0.4, -0.2) is 12.0 Å². The van der Waals surface area contributed by atoms with E-state index >= 15 is 0 Å². The van der Waals surface area contributed by atoms with E-state index in [1.54, 1.807) is 0 Å². The standard InChI is InChI=1S/C16H26N2O2/c1-10(2)14(15(19)18-17)20-13-8-7-12(9-11(13)3)16(4,5)6/h7-10,14H,17H2,1-6H3,(H,18,19). The van der Waals surface area contributed by atoms with E-state index in [4.69, 9.17) is 10.6 Å². The number of amides is 1. The van der Waals surface area contributed by atoms with Crippen molar-refractivity contribution in [2.75, 3.05) is 0 Å². The number of hydrogen-bond donors (Lipinski definition) is 2. The molecular formula is C16H26N2O2. The topological polar surface area (TPSA) is 64.3 Å². The molecule has 1 aromatic carbocycles. The second kappa shape index (κ2) is 6.27. The third-order valence-electron chi connectivity index (χ3n) is 3.30. The van der Waals surface area contributed by atoms with Crippen LogP contribution in [0.1, 0.15) is 45.7 Å². The Labute approximate surface area is 121 Å². The van der Waals surface area contributed by atoms with Crippen LogP contribution in [0.25, 0.3) is 0 Å². The van der Waals surface area contributed by atoms with Crippen molar-refractivity contribution in [3.05, 3.63) is 29.3 Å². The Bertz CT molecular complexity index is 476. The van der Waals surface area contributed by atoms with Gasteiger partial charge < -0.3 is 4.74 Å². The van der Waals surface area contributed by atoms with Gasteiger partial charge in [-0.25, -0.2) is 5.84 Å². The van der Waals surface area contributed by atoms with E-state index in [2.05, 4.69) is 32.3 Å². The summed E-state index contributed by atoms with van der Waals surface area (Å²) in [5.41, 5.74) is 4.51. The Kier molecular flexibility index (Phi) is 5.17. The number of aryl methyl sites for hydroxylation is 1. The van der Waals surface area contributed by atoms with Crippen LogP contribution in [0.3, 0.4) is 0 Å². The molecule has 4 heteroatoms. The normalized spacial score (nSPS) is 13.2. The molecule has 0 saturated carbocycles. The van der Waals surface area contributed by atoms with Crippen LogP contribution < -0.4 is 16.0 Å². The van der Waals surface area contributed by atoms with E-state index in [-0.39, 0.29) is 17.2 Å². The smallest absolute Gasteiger partial charge is 0.275 e. The fourth-order valence-electron chi connectivity index (χ4n) is 1.96. The predicted octanol–water partition coefficient (Wildman–Crippen LogP) is 2.69. The quantitative estimate of drug-likeness (QED) is 0.505. The number of carbonyl (C=O) groups excluding carboxylic acids is 1. The lowest BCUT2D eigenvalue weighted by Crippen LogP contribution is -2.44. The highest BCUT2D eigenvalue weighted by Crippen LogP contribution is 2.28. The average Bonchev–Trinajstić information content (AvgIpc) is 2.34. The Morgan fingerprint density at radius 3 is 2.30 bits per heavy atom. The zero-order valence-electron chi connectivity index (χ0n) is 13.3. The molecule has 0 radical (unpaired) electrons. The molecule has 0 heterocycles. The van der Waals surface area contributed by atoms with Gasteiger partial charge in [0.05, 0.1) is 0 Å². The summed E-state index contributed by atoms with van der Waals surface area (Å²) in [7, 11) is 0. The Hall–Kier alpha value is -1.55. The fourth-order valence-corrected chi connectivity index (χ4v) is 1.96. The van der Waals surface area contributed by atoms with Crippen LogP contribution in [0.2, 0.25) is 0 Å². The predicted molar refractivity (Wildman–Crippen MR) is 81.5 cm³/mol. The molecule has 20 heavy (non-hydrogen) atoms. The van der Waals surface area contributed by atoms with Crippen molar-refractivity contribution in [2.45, 2.75) is 53.1 Å². The minimum absolute atomic E-state index is 0.0419. The fraction of sp³-hybridized carbons (Fsp3) is 0.562. The number of benzene rings is 1. The molecule has 0 fully saturated rings. The monoisotopic (exact) mass is 278 g/mol. The summed E-state index contributed by atoms with van der Waals surface area (Å²) in [4.78, 5) is 11.7. The molecule has 1 unspecified atom stereocenters. The summed E-state index contributed by atoms with van der Waals surface area (Å²) in [6.07, 6.45) is -0.584. The maximum atomic E-state index is 11.7. The first-order chi connectivity index (χ1) is 9.16. The van der Waals surface area contributed by atoms with Crippen LogP contribution in [0.15, 0.2) is 18.2 Å². The highest BCUT2D eigenvalue weighted by molar-refractivity contribution is 5.80. The van der Waals surface area contributed by atoms with Crippen molar-refractivity contribution < 1.29 is 9.53 Å². The molecule has 112 valence electrons. The second-order valence-electron chi connectivity index (χ2n) is 6.52. The number of carbonyl (C=O) groups is 1. The van der Waals surface area contributed by atoms with Crippen molar-refractivity contribution >= 4 is 5.91 Å². The first-order valence-electron chi connectivity index (χ1n) is 6.95. The summed E-state index contributed by atoms with van der Waals surface area (Å²) >= 11 is 0. The van der Waals surface area contributed by atoms with Gasteiger partial charge in [0.25, 0.3) is 5.91 Å². The summed E-state index contributed by atoms with van der Waals surface area (Å²) in [5.74, 6) is 5.66. The van der Waals surface area contributed by atoms with Gasteiger partial charge in [-0.15, -0.1) is 0 Å². The maximum absolute atomic E-state index is 11.7. The van der Waals surface area contributed by atoms with Gasteiger partial charge in [0.15, 0.2) is 6.10 Å². The van der Waals surface area contributed by atoms with E-state index in [9.17, 15) is 4.79 Å². The summed E-state index contributed by atoms with van der Waals surface area (Å²) in [6, 6.07) is 6.07. The van der Waals surface area contributed by atoms with Gasteiger partial charge in [-0.1, -0.05) is 46.8 Å². The number of nitrogens with two attached hydrogens (primary N) is 1. The van der Waals surface area contributed by atoms with Crippen molar-refractivity contribution in [3.8, 4) is 5.75 Å². The van der Waals surface area contributed by atoms with Crippen LogP contribution in [-0.2, 0) is 10.2 Å². The summed E-state index contributed by atoms with van der Waals surface area (Å²) in [5, 5.41) is 0. The molecule has 1 aromatic rings. The van der Waals surface area contributed by atoms with Gasteiger partial charge >= 0.3 is 0 Å². The van der Waals surface area contributed by atoms with E-state index in [1.165, 1.54) is 5.56 Å². The average molecular weight is 278 g/mol. The number of nitrogens with one attached hydrogen (secondary N) is 1. The van der Waals surface area contributed by atoms with Crippen LogP contribution in [0.4, 0.5) is 0 Å². The number of ether oxygens (including phenoxy) is 1. The van der Waals surface area contributed by atoms with Gasteiger partial charge in [0, 0.05) is 0 Å². The lowest BCUT2D eigenvalue weighted by molar-refractivity contribution is -0.129. The minimum Gasteiger partial charge on any atom is -0.480 e. The minimum atomic E-state index is -0.584. The first-order valence-corrected chi connectivity index (χ1v) is 6.95. The highest BCUT2D eigenvalue weighted by Gasteiger charge is 2.24. The van der Waals surface area contributed by atoms with Gasteiger partial charge in [-0.2, -0.15) is 0 Å². The molecule has 0 aliphatic heterocycles. The van der Waals surface area contributed by atoms with Crippen LogP contribution in [0, 0.1) is 12.8 Å². The van der Waals surface area contributed by atoms with Gasteiger partial charge in [0.1, 0.15) is 5.75 Å². The molecule has 0 saturated heterocycles. The van der Waals surface area contributed by atoms with Crippen LogP contribution >= 0.6 is 0 Å². The van der Waals surface area contributed by atoms with E-state index in [0.29, 0.717) is 0 Å². The zero-order chi connectivity index (χ0) is 15.5. The lowest BCUT2D eigenvalue weighted by atomic mass is 9.86. The molecule has 0 aliphatic carbocycles. The van der Waals surface area contributed by atoms with Crippen molar-refractivity contribution in [1.29, 1.82) is 0 Å². The van der Waals surface area contributed by atoms with Crippen LogP contribution in [0.5, 0.6) is 5.75 Å². The second-order valence-corrected chi connectivity index (χ2v) is 6.52. The van der Waals surface area contributed by atoms with E-state index < -0.39 is 6.10 Å². The molecule has 3 N–H and O–H groups in total. The summed E-state index contributed by atoms with van der Waals surface area (Å²) < 4.78 is 5.83. The van der Waals surface area contributed by atoms with Crippen molar-refractivity contribution in [1.82, 2.24) is 5.43 Å². The van der Waals surface area contributed by atoms with Gasteiger partial charge in [-0.3, -0.25) is 10.2 Å². The molecule has 1 atom stereocenters. The van der Waals surface area contributed by atoms with Crippen molar-refractivity contribution in [3.63, 3.8) is 0 Å². The third-order valence-corrected chi connectivity index (χ3v) is 3.30. The molecule has 0 aliphatic rings. The van der Waals surface area contributed by atoms with E-state index in [1.807, 2.05) is 32.9 Å². The Morgan fingerprint density at radius 2 is 1.90 bits per heavy atom. The Morgan fingerprint density at radius 1 is 1.30 bits per heavy atom. The molecule has 0 bridgehead atoms. The first kappa shape index (κ1) is 16.5. The highest BCUT2D eigenvalue weighted by atomic mass is 16.5. The lowest BCUT2D eigenvalue weighted by Gasteiger charge is -2.24. The van der Waals surface area contributed by atoms with Gasteiger partial charge in [0.2, 0.25) is 0 Å². The molecule has 4 nitrogen and oxygen atoms in total. The maximum Gasteiger partial charge on any atom is 0.275 e. The number of rotatable bonds is 4. The molecule has 0 aromatic heterocycles. The third kappa shape index (κ3) is 3.97. The van der Waals surface area contributed by atoms with Gasteiger partial charge in [-0.05, 0) is 35.4 Å². The van der Waals surface area contributed by atoms with Crippen molar-refractivity contribution in [2.24, 2.45) is 11.8 Å². The SMILES string of the molecule is Cc1cc(C(C)(C)C)ccc1OC(C(=O)NN)C(C)C. The molecule has 1 rings (SSSR count). The Balaban J connectivity index is 3.00. The number of hydrogen-bond acceptors (Lipinski definition) is 3. The van der Waals surface area contributed by atoms with E-state index in [0.717, 1.165) is 11.3 Å². The molecule has 1 amide bonds.